The first kappa shape index (κ1) is 17.2. The highest BCUT2D eigenvalue weighted by Gasteiger charge is 2.10. The first-order valence-corrected chi connectivity index (χ1v) is 9.15. The van der Waals surface area contributed by atoms with E-state index in [9.17, 15) is 13.2 Å². The van der Waals surface area contributed by atoms with E-state index < -0.39 is 10.0 Å². The van der Waals surface area contributed by atoms with Gasteiger partial charge in [-0.25, -0.2) is 12.7 Å². The molecule has 23 heavy (non-hydrogen) atoms. The molecular weight excluding hydrogens is 314 g/mol. The third-order valence-corrected chi connectivity index (χ3v) is 4.83. The van der Waals surface area contributed by atoms with Crippen LogP contribution in [0.2, 0.25) is 0 Å². The minimum atomic E-state index is -3.17. The Morgan fingerprint density at radius 1 is 1.22 bits per heavy atom. The summed E-state index contributed by atoms with van der Waals surface area (Å²) >= 11 is 0. The van der Waals surface area contributed by atoms with Crippen LogP contribution in [0, 0.1) is 0 Å². The van der Waals surface area contributed by atoms with E-state index in [0.29, 0.717) is 25.1 Å². The van der Waals surface area contributed by atoms with Crippen LogP contribution in [0.3, 0.4) is 0 Å². The van der Waals surface area contributed by atoms with Crippen molar-refractivity contribution in [3.63, 3.8) is 0 Å². The van der Waals surface area contributed by atoms with E-state index in [1.165, 1.54) is 17.6 Å². The Bertz CT molecular complexity index is 755. The van der Waals surface area contributed by atoms with Gasteiger partial charge in [0.25, 0.3) is 5.91 Å². The second kappa shape index (κ2) is 7.43. The summed E-state index contributed by atoms with van der Waals surface area (Å²) in [5.41, 5.74) is 1.49. The molecule has 124 valence electrons. The van der Waals surface area contributed by atoms with Crippen molar-refractivity contribution in [1.82, 2.24) is 14.2 Å². The highest BCUT2D eigenvalue weighted by Crippen LogP contribution is 2.11. The molecule has 0 fully saturated rings. The predicted molar refractivity (Wildman–Crippen MR) is 90.2 cm³/mol. The highest BCUT2D eigenvalue weighted by atomic mass is 32.2. The Hall–Kier alpha value is -2.12. The van der Waals surface area contributed by atoms with Gasteiger partial charge in [0.15, 0.2) is 0 Å². The number of amides is 1. The van der Waals surface area contributed by atoms with Crippen molar-refractivity contribution in [2.75, 3.05) is 26.4 Å². The zero-order chi connectivity index (χ0) is 16.9. The molecular formula is C16H21N3O3S. The number of aromatic nitrogens is 1. The number of sulfonamides is 1. The van der Waals surface area contributed by atoms with Crippen molar-refractivity contribution in [2.45, 2.75) is 6.42 Å². The summed E-state index contributed by atoms with van der Waals surface area (Å²) in [5.74, 6) is -0.166. The lowest BCUT2D eigenvalue weighted by Crippen LogP contribution is -2.30. The normalized spacial score (nSPS) is 11.6. The number of nitrogens with zero attached hydrogens (tertiary/aromatic N) is 2. The van der Waals surface area contributed by atoms with Gasteiger partial charge in [-0.2, -0.15) is 0 Å². The molecule has 1 aromatic heterocycles. The van der Waals surface area contributed by atoms with Crippen molar-refractivity contribution in [2.24, 2.45) is 0 Å². The van der Waals surface area contributed by atoms with Gasteiger partial charge in [0.1, 0.15) is 0 Å². The van der Waals surface area contributed by atoms with Crippen LogP contribution in [-0.4, -0.2) is 49.6 Å². The Labute approximate surface area is 136 Å². The highest BCUT2D eigenvalue weighted by molar-refractivity contribution is 7.88. The molecule has 7 heteroatoms. The van der Waals surface area contributed by atoms with Crippen molar-refractivity contribution in [3.05, 3.63) is 54.4 Å². The molecule has 0 bridgehead atoms. The van der Waals surface area contributed by atoms with Crippen molar-refractivity contribution < 1.29 is 13.2 Å². The van der Waals surface area contributed by atoms with Gasteiger partial charge in [0.05, 0.1) is 6.26 Å². The summed E-state index contributed by atoms with van der Waals surface area (Å²) in [7, 11) is -1.64. The van der Waals surface area contributed by atoms with E-state index in [4.69, 9.17) is 0 Å². The lowest BCUT2D eigenvalue weighted by atomic mass is 10.2. The monoisotopic (exact) mass is 335 g/mol. The topological polar surface area (TPSA) is 71.4 Å². The zero-order valence-electron chi connectivity index (χ0n) is 13.3. The molecule has 1 N–H and O–H groups in total. The Balaban J connectivity index is 1.88. The van der Waals surface area contributed by atoms with Gasteiger partial charge in [0.2, 0.25) is 10.0 Å². The summed E-state index contributed by atoms with van der Waals surface area (Å²) in [5, 5.41) is 2.81. The molecule has 0 aliphatic rings. The molecule has 0 unspecified atom stereocenters. The molecule has 2 aromatic rings. The summed E-state index contributed by atoms with van der Waals surface area (Å²) in [6.07, 6.45) is 5.56. The van der Waals surface area contributed by atoms with Crippen LogP contribution in [0.4, 0.5) is 0 Å². The van der Waals surface area contributed by atoms with Gasteiger partial charge in [-0.15, -0.1) is 0 Å². The lowest BCUT2D eigenvalue weighted by Gasteiger charge is -2.14. The van der Waals surface area contributed by atoms with E-state index in [0.717, 1.165) is 5.69 Å². The maximum atomic E-state index is 12.2. The maximum Gasteiger partial charge on any atom is 0.251 e. The van der Waals surface area contributed by atoms with Crippen molar-refractivity contribution >= 4 is 15.9 Å². The SMILES string of the molecule is CN(CCCNC(=O)c1cccc(-n2cccc2)c1)S(C)(=O)=O. The second-order valence-electron chi connectivity index (χ2n) is 5.33. The van der Waals surface area contributed by atoms with Gasteiger partial charge < -0.3 is 9.88 Å². The Morgan fingerprint density at radius 3 is 2.57 bits per heavy atom. The number of hydrogen-bond donors (Lipinski definition) is 1. The van der Waals surface area contributed by atoms with Crippen molar-refractivity contribution in [3.8, 4) is 5.69 Å². The first-order valence-electron chi connectivity index (χ1n) is 7.31. The van der Waals surface area contributed by atoms with Crippen LogP contribution >= 0.6 is 0 Å². The summed E-state index contributed by atoms with van der Waals surface area (Å²) < 4.78 is 25.7. The van der Waals surface area contributed by atoms with Gasteiger partial charge >= 0.3 is 0 Å². The van der Waals surface area contributed by atoms with Gasteiger partial charge in [0, 0.05) is 43.8 Å². The molecule has 6 nitrogen and oxygen atoms in total. The van der Waals surface area contributed by atoms with Gasteiger partial charge in [-0.3, -0.25) is 4.79 Å². The average Bonchev–Trinajstić information content (AvgIpc) is 3.04. The number of benzene rings is 1. The van der Waals surface area contributed by atoms with Crippen LogP contribution in [0.25, 0.3) is 5.69 Å². The molecule has 1 heterocycles. The average molecular weight is 335 g/mol. The molecule has 0 saturated heterocycles. The minimum absolute atomic E-state index is 0.166. The van der Waals surface area contributed by atoms with Gasteiger partial charge in [-0.05, 0) is 36.8 Å². The summed E-state index contributed by atoms with van der Waals surface area (Å²) in [6, 6.07) is 11.2. The smallest absolute Gasteiger partial charge is 0.251 e. The third-order valence-electron chi connectivity index (χ3n) is 3.51. The lowest BCUT2D eigenvalue weighted by molar-refractivity contribution is 0.0953. The molecule has 2 rings (SSSR count). The molecule has 0 spiro atoms. The summed E-state index contributed by atoms with van der Waals surface area (Å²) in [6.45, 7) is 0.801. The quantitative estimate of drug-likeness (QED) is 0.779. The van der Waals surface area contributed by atoms with Crippen LogP contribution < -0.4 is 5.32 Å². The maximum absolute atomic E-state index is 12.2. The summed E-state index contributed by atoms with van der Waals surface area (Å²) in [4.78, 5) is 12.2. The third kappa shape index (κ3) is 4.94. The molecule has 0 radical (unpaired) electrons. The standard InChI is InChI=1S/C16H21N3O3S/c1-18(23(2,21)22)10-6-9-17-16(20)14-7-5-8-15(13-14)19-11-3-4-12-19/h3-5,7-8,11-13H,6,9-10H2,1-2H3,(H,17,20). The van der Waals surface area contributed by atoms with E-state index >= 15 is 0 Å². The number of carbonyl (C=O) groups excluding carboxylic acids is 1. The Kier molecular flexibility index (Phi) is 5.57. The number of hydrogen-bond acceptors (Lipinski definition) is 3. The fraction of sp³-hybridized carbons (Fsp3) is 0.312. The first-order chi connectivity index (χ1) is 10.9. The minimum Gasteiger partial charge on any atom is -0.352 e. The molecule has 0 aliphatic carbocycles. The molecule has 0 saturated carbocycles. The molecule has 0 atom stereocenters. The number of rotatable bonds is 7. The van der Waals surface area contributed by atoms with E-state index in [1.54, 1.807) is 6.07 Å². The number of carbonyl (C=O) groups is 1. The second-order valence-corrected chi connectivity index (χ2v) is 7.42. The van der Waals surface area contributed by atoms with Crippen LogP contribution in [-0.2, 0) is 10.0 Å². The fourth-order valence-corrected chi connectivity index (χ4v) is 2.55. The Morgan fingerprint density at radius 2 is 1.91 bits per heavy atom. The van der Waals surface area contributed by atoms with Crippen molar-refractivity contribution in [1.29, 1.82) is 0 Å². The van der Waals surface area contributed by atoms with Crippen LogP contribution in [0.1, 0.15) is 16.8 Å². The van der Waals surface area contributed by atoms with Gasteiger partial charge in [-0.1, -0.05) is 6.07 Å². The predicted octanol–water partition coefficient (Wildman–Crippen LogP) is 1.49. The number of nitrogens with one attached hydrogen (secondary N) is 1. The fourth-order valence-electron chi connectivity index (χ4n) is 2.09. The molecule has 0 aliphatic heterocycles. The van der Waals surface area contributed by atoms with E-state index in [1.807, 2.05) is 47.3 Å². The van der Waals surface area contributed by atoms with Crippen LogP contribution in [0.5, 0.6) is 0 Å². The van der Waals surface area contributed by atoms with E-state index in [-0.39, 0.29) is 5.91 Å². The molecule has 1 amide bonds. The zero-order valence-corrected chi connectivity index (χ0v) is 14.1. The van der Waals surface area contributed by atoms with E-state index in [2.05, 4.69) is 5.32 Å². The molecule has 1 aromatic carbocycles. The largest absolute Gasteiger partial charge is 0.352 e. The van der Waals surface area contributed by atoms with Crippen LogP contribution in [0.15, 0.2) is 48.8 Å².